The minimum absolute atomic E-state index is 0.201. The van der Waals surface area contributed by atoms with E-state index in [1.54, 1.807) is 34.8 Å². The molecule has 26 heavy (non-hydrogen) atoms. The molecule has 0 bridgehead atoms. The summed E-state index contributed by atoms with van der Waals surface area (Å²) in [5, 5.41) is 0.526. The number of aryl methyl sites for hydroxylation is 1. The Labute approximate surface area is 157 Å². The maximum atomic E-state index is 12.8. The molecule has 2 aromatic heterocycles. The zero-order chi connectivity index (χ0) is 18.3. The van der Waals surface area contributed by atoms with Gasteiger partial charge < -0.3 is 4.57 Å². The molecule has 0 amide bonds. The monoisotopic (exact) mass is 390 g/mol. The zero-order valence-corrected chi connectivity index (χ0v) is 15.9. The van der Waals surface area contributed by atoms with Crippen LogP contribution in [-0.4, -0.2) is 40.3 Å². The number of imidazole rings is 1. The lowest BCUT2D eigenvalue weighted by Gasteiger charge is -2.32. The van der Waals surface area contributed by atoms with Crippen molar-refractivity contribution >= 4 is 32.8 Å². The predicted molar refractivity (Wildman–Crippen MR) is 101 cm³/mol. The molecule has 1 fully saturated rings. The van der Waals surface area contributed by atoms with Crippen molar-refractivity contribution in [2.45, 2.75) is 30.7 Å². The minimum atomic E-state index is -3.49. The molecule has 0 unspecified atom stereocenters. The number of hydrogen-bond acceptors (Lipinski definition) is 4. The highest BCUT2D eigenvalue weighted by atomic mass is 35.5. The van der Waals surface area contributed by atoms with Gasteiger partial charge in [-0.1, -0.05) is 11.6 Å². The Bertz CT molecular complexity index is 1040. The number of benzene rings is 1. The Morgan fingerprint density at radius 3 is 2.50 bits per heavy atom. The predicted octanol–water partition coefficient (Wildman–Crippen LogP) is 3.42. The van der Waals surface area contributed by atoms with Gasteiger partial charge in [0.15, 0.2) is 5.65 Å². The van der Waals surface area contributed by atoms with Crippen LogP contribution in [0, 0.1) is 6.92 Å². The van der Waals surface area contributed by atoms with Crippen LogP contribution in [0.15, 0.2) is 47.5 Å². The van der Waals surface area contributed by atoms with E-state index in [1.165, 1.54) is 0 Å². The molecule has 8 heteroatoms. The highest BCUT2D eigenvalue weighted by Gasteiger charge is 2.31. The number of halogens is 1. The number of pyridine rings is 1. The molecule has 0 atom stereocenters. The maximum absolute atomic E-state index is 12.8. The number of rotatable bonds is 3. The Balaban J connectivity index is 1.55. The average molecular weight is 391 g/mol. The van der Waals surface area contributed by atoms with Crippen molar-refractivity contribution in [3.63, 3.8) is 0 Å². The first-order valence-corrected chi connectivity index (χ1v) is 10.3. The van der Waals surface area contributed by atoms with E-state index < -0.39 is 10.0 Å². The third-order valence-corrected chi connectivity index (χ3v) is 7.03. The molecule has 0 spiro atoms. The first kappa shape index (κ1) is 17.5. The average Bonchev–Trinajstić information content (AvgIpc) is 2.98. The van der Waals surface area contributed by atoms with Crippen LogP contribution in [-0.2, 0) is 10.0 Å². The summed E-state index contributed by atoms with van der Waals surface area (Å²) in [5.74, 6) is 0.915. The molecule has 0 N–H and O–H groups in total. The van der Waals surface area contributed by atoms with Crippen molar-refractivity contribution in [3.05, 3.63) is 53.4 Å². The van der Waals surface area contributed by atoms with Crippen LogP contribution in [0.3, 0.4) is 0 Å². The lowest BCUT2D eigenvalue weighted by Crippen LogP contribution is -2.39. The smallest absolute Gasteiger partial charge is 0.243 e. The summed E-state index contributed by atoms with van der Waals surface area (Å²) in [4.78, 5) is 9.31. The van der Waals surface area contributed by atoms with Crippen molar-refractivity contribution in [1.29, 1.82) is 0 Å². The Morgan fingerprint density at radius 2 is 1.81 bits per heavy atom. The summed E-state index contributed by atoms with van der Waals surface area (Å²) in [6.45, 7) is 2.92. The van der Waals surface area contributed by atoms with Gasteiger partial charge >= 0.3 is 0 Å². The molecule has 3 heterocycles. The third-order valence-electron chi connectivity index (χ3n) is 4.87. The van der Waals surface area contributed by atoms with Crippen molar-refractivity contribution < 1.29 is 8.42 Å². The Kier molecular flexibility index (Phi) is 4.46. The van der Waals surface area contributed by atoms with E-state index in [1.807, 2.05) is 19.1 Å². The molecule has 1 aliphatic rings. The third kappa shape index (κ3) is 3.00. The fourth-order valence-corrected chi connectivity index (χ4v) is 5.17. The number of fused-ring (bicyclic) bond motifs is 1. The summed E-state index contributed by atoms with van der Waals surface area (Å²) in [7, 11) is -3.49. The maximum Gasteiger partial charge on any atom is 0.243 e. The second-order valence-electron chi connectivity index (χ2n) is 6.46. The summed E-state index contributed by atoms with van der Waals surface area (Å²) >= 11 is 5.86. The molecule has 1 saturated heterocycles. The highest BCUT2D eigenvalue weighted by Crippen LogP contribution is 2.30. The van der Waals surface area contributed by atoms with E-state index >= 15 is 0 Å². The van der Waals surface area contributed by atoms with Gasteiger partial charge in [-0.25, -0.2) is 18.4 Å². The molecule has 1 aliphatic heterocycles. The van der Waals surface area contributed by atoms with Gasteiger partial charge in [-0.05, 0) is 56.2 Å². The van der Waals surface area contributed by atoms with Crippen molar-refractivity contribution in [2.24, 2.45) is 0 Å². The molecule has 4 rings (SSSR count). The van der Waals surface area contributed by atoms with Crippen molar-refractivity contribution in [3.8, 4) is 0 Å². The first-order valence-electron chi connectivity index (χ1n) is 8.52. The molecule has 0 aliphatic carbocycles. The number of aromatic nitrogens is 3. The lowest BCUT2D eigenvalue weighted by atomic mass is 10.1. The SMILES string of the molecule is Cc1nc2cccnc2n1C1CCN(S(=O)(=O)c2ccc(Cl)cc2)CC1. The van der Waals surface area contributed by atoms with Crippen LogP contribution in [0.4, 0.5) is 0 Å². The van der Waals surface area contributed by atoms with E-state index in [2.05, 4.69) is 14.5 Å². The second-order valence-corrected chi connectivity index (χ2v) is 8.84. The molecule has 0 radical (unpaired) electrons. The number of hydrogen-bond donors (Lipinski definition) is 0. The van der Waals surface area contributed by atoms with Gasteiger partial charge in [-0.2, -0.15) is 4.31 Å². The van der Waals surface area contributed by atoms with Crippen LogP contribution in [0.1, 0.15) is 24.7 Å². The summed E-state index contributed by atoms with van der Waals surface area (Å²) < 4.78 is 29.3. The molecular weight excluding hydrogens is 372 g/mol. The Hall–Kier alpha value is -1.96. The fourth-order valence-electron chi connectivity index (χ4n) is 3.58. The van der Waals surface area contributed by atoms with Gasteiger partial charge in [-0.3, -0.25) is 0 Å². The first-order chi connectivity index (χ1) is 12.5. The van der Waals surface area contributed by atoms with Gasteiger partial charge in [0.05, 0.1) is 4.90 Å². The molecule has 6 nitrogen and oxygen atoms in total. The van der Waals surface area contributed by atoms with Crippen LogP contribution in [0.25, 0.3) is 11.2 Å². The van der Waals surface area contributed by atoms with E-state index in [4.69, 9.17) is 11.6 Å². The van der Waals surface area contributed by atoms with Crippen molar-refractivity contribution in [1.82, 2.24) is 18.8 Å². The zero-order valence-electron chi connectivity index (χ0n) is 14.3. The number of sulfonamides is 1. The largest absolute Gasteiger partial charge is 0.310 e. The second kappa shape index (κ2) is 6.64. The minimum Gasteiger partial charge on any atom is -0.310 e. The van der Waals surface area contributed by atoms with Crippen LogP contribution in [0.2, 0.25) is 5.02 Å². The van der Waals surface area contributed by atoms with E-state index in [0.29, 0.717) is 18.1 Å². The quantitative estimate of drug-likeness (QED) is 0.687. The van der Waals surface area contributed by atoms with Gasteiger partial charge in [0.1, 0.15) is 11.3 Å². The normalized spacial score (nSPS) is 17.0. The fraction of sp³-hybridized carbons (Fsp3) is 0.333. The van der Waals surface area contributed by atoms with E-state index in [0.717, 1.165) is 29.8 Å². The standard InChI is InChI=1S/C18H19ClN4O2S/c1-13-21-17-3-2-10-20-18(17)23(13)15-8-11-22(12-9-15)26(24,25)16-6-4-14(19)5-7-16/h2-7,10,15H,8-9,11-12H2,1H3. The van der Waals surface area contributed by atoms with Crippen molar-refractivity contribution in [2.75, 3.05) is 13.1 Å². The molecule has 1 aromatic carbocycles. The van der Waals surface area contributed by atoms with E-state index in [9.17, 15) is 8.42 Å². The molecule has 136 valence electrons. The highest BCUT2D eigenvalue weighted by molar-refractivity contribution is 7.89. The summed E-state index contributed by atoms with van der Waals surface area (Å²) in [5.41, 5.74) is 1.74. The van der Waals surface area contributed by atoms with Crippen LogP contribution < -0.4 is 0 Å². The van der Waals surface area contributed by atoms with Crippen LogP contribution >= 0.6 is 11.6 Å². The lowest BCUT2D eigenvalue weighted by molar-refractivity contribution is 0.274. The summed E-state index contributed by atoms with van der Waals surface area (Å²) in [6, 6.07) is 10.3. The summed E-state index contributed by atoms with van der Waals surface area (Å²) in [6.07, 6.45) is 3.23. The van der Waals surface area contributed by atoms with Gasteiger partial charge in [-0.15, -0.1) is 0 Å². The van der Waals surface area contributed by atoms with Crippen LogP contribution in [0.5, 0.6) is 0 Å². The molecule has 3 aromatic rings. The Morgan fingerprint density at radius 1 is 1.12 bits per heavy atom. The van der Waals surface area contributed by atoms with Gasteiger partial charge in [0, 0.05) is 30.4 Å². The number of piperidine rings is 1. The molecule has 0 saturated carbocycles. The number of nitrogens with zero attached hydrogens (tertiary/aromatic N) is 4. The topological polar surface area (TPSA) is 68.1 Å². The van der Waals surface area contributed by atoms with Gasteiger partial charge in [0.2, 0.25) is 10.0 Å². The van der Waals surface area contributed by atoms with E-state index in [-0.39, 0.29) is 10.9 Å². The molecular formula is C18H19ClN4O2S. The van der Waals surface area contributed by atoms with Gasteiger partial charge in [0.25, 0.3) is 0 Å².